The molecule has 6 heteroatoms. The second-order valence-electron chi connectivity index (χ2n) is 5.71. The maximum absolute atomic E-state index is 12.3. The zero-order valence-corrected chi connectivity index (χ0v) is 14.3. The summed E-state index contributed by atoms with van der Waals surface area (Å²) < 4.78 is 8.26. The summed E-state index contributed by atoms with van der Waals surface area (Å²) in [6.07, 6.45) is 7.26. The topological polar surface area (TPSA) is 60.1 Å². The van der Waals surface area contributed by atoms with Gasteiger partial charge in [0.2, 0.25) is 0 Å². The van der Waals surface area contributed by atoms with Gasteiger partial charge in [-0.25, -0.2) is 4.98 Å². The van der Waals surface area contributed by atoms with Crippen LogP contribution in [0.5, 0.6) is 0 Å². The standard InChI is InChI=1S/C19H17N3O2S/c23-18(20-9-3-5-15-6-4-12-24-15)14-7-8-16-17(13-14)25-19(21-16)22-10-1-2-11-22/h1-2,4,6-8,10-13H,3,5,9H2,(H,20,23). The van der Waals surface area contributed by atoms with E-state index in [-0.39, 0.29) is 5.91 Å². The maximum Gasteiger partial charge on any atom is 0.251 e. The molecule has 4 rings (SSSR count). The van der Waals surface area contributed by atoms with E-state index in [9.17, 15) is 4.79 Å². The third kappa shape index (κ3) is 3.49. The van der Waals surface area contributed by atoms with Crippen LogP contribution < -0.4 is 5.32 Å². The molecule has 4 aromatic rings. The Hall–Kier alpha value is -2.86. The Labute approximate surface area is 148 Å². The third-order valence-corrected chi connectivity index (χ3v) is 4.96. The fourth-order valence-corrected chi connectivity index (χ4v) is 3.62. The predicted octanol–water partition coefficient (Wildman–Crippen LogP) is 4.04. The van der Waals surface area contributed by atoms with Crippen molar-refractivity contribution in [2.24, 2.45) is 0 Å². The number of benzene rings is 1. The van der Waals surface area contributed by atoms with Crippen LogP contribution in [0.2, 0.25) is 0 Å². The summed E-state index contributed by atoms with van der Waals surface area (Å²) in [4.78, 5) is 16.9. The van der Waals surface area contributed by atoms with Gasteiger partial charge >= 0.3 is 0 Å². The summed E-state index contributed by atoms with van der Waals surface area (Å²) in [5.74, 6) is 0.884. The van der Waals surface area contributed by atoms with E-state index >= 15 is 0 Å². The lowest BCUT2D eigenvalue weighted by Crippen LogP contribution is -2.24. The van der Waals surface area contributed by atoms with E-state index in [1.54, 1.807) is 17.6 Å². The number of aryl methyl sites for hydroxylation is 1. The Kier molecular flexibility index (Phi) is 4.35. The largest absolute Gasteiger partial charge is 0.469 e. The summed E-state index contributed by atoms with van der Waals surface area (Å²) in [5.41, 5.74) is 1.57. The van der Waals surface area contributed by atoms with E-state index in [1.165, 1.54) is 0 Å². The van der Waals surface area contributed by atoms with Crippen molar-refractivity contribution in [1.82, 2.24) is 14.9 Å². The molecule has 25 heavy (non-hydrogen) atoms. The zero-order valence-electron chi connectivity index (χ0n) is 13.5. The van der Waals surface area contributed by atoms with Crippen LogP contribution in [0.3, 0.4) is 0 Å². The molecule has 1 amide bonds. The minimum Gasteiger partial charge on any atom is -0.469 e. The van der Waals surface area contributed by atoms with Crippen molar-refractivity contribution < 1.29 is 9.21 Å². The Morgan fingerprint density at radius 1 is 1.20 bits per heavy atom. The molecule has 0 aliphatic heterocycles. The number of thiazole rings is 1. The highest BCUT2D eigenvalue weighted by Gasteiger charge is 2.10. The van der Waals surface area contributed by atoms with Crippen molar-refractivity contribution in [3.63, 3.8) is 0 Å². The molecule has 1 N–H and O–H groups in total. The van der Waals surface area contributed by atoms with E-state index in [2.05, 4.69) is 10.3 Å². The van der Waals surface area contributed by atoms with Gasteiger partial charge in [0.25, 0.3) is 5.91 Å². The quantitative estimate of drug-likeness (QED) is 0.533. The van der Waals surface area contributed by atoms with Gasteiger partial charge in [-0.05, 0) is 48.9 Å². The number of furan rings is 1. The maximum atomic E-state index is 12.3. The van der Waals surface area contributed by atoms with Gasteiger partial charge < -0.3 is 14.3 Å². The van der Waals surface area contributed by atoms with Crippen LogP contribution in [0.15, 0.2) is 65.5 Å². The lowest BCUT2D eigenvalue weighted by Gasteiger charge is -2.04. The van der Waals surface area contributed by atoms with Crippen LogP contribution in [0.1, 0.15) is 22.5 Å². The minimum absolute atomic E-state index is 0.0581. The number of rotatable bonds is 6. The molecule has 0 unspecified atom stereocenters. The Morgan fingerprint density at radius 3 is 2.88 bits per heavy atom. The predicted molar refractivity (Wildman–Crippen MR) is 98.3 cm³/mol. The fourth-order valence-electron chi connectivity index (χ4n) is 2.65. The number of nitrogens with zero attached hydrogens (tertiary/aromatic N) is 2. The Bertz CT molecular complexity index is 972. The monoisotopic (exact) mass is 351 g/mol. The Morgan fingerprint density at radius 2 is 2.08 bits per heavy atom. The normalized spacial score (nSPS) is 11.0. The average Bonchev–Trinajstić information content (AvgIpc) is 3.38. The molecule has 3 aromatic heterocycles. The first-order chi connectivity index (χ1) is 12.3. The summed E-state index contributed by atoms with van der Waals surface area (Å²) in [7, 11) is 0. The van der Waals surface area contributed by atoms with Crippen molar-refractivity contribution in [2.75, 3.05) is 6.54 Å². The van der Waals surface area contributed by atoms with Crippen molar-refractivity contribution in [3.8, 4) is 5.13 Å². The molecule has 0 saturated heterocycles. The van der Waals surface area contributed by atoms with Gasteiger partial charge in [0.05, 0.1) is 16.5 Å². The average molecular weight is 351 g/mol. The van der Waals surface area contributed by atoms with Crippen molar-refractivity contribution >= 4 is 27.5 Å². The smallest absolute Gasteiger partial charge is 0.251 e. The molecule has 5 nitrogen and oxygen atoms in total. The molecule has 3 heterocycles. The lowest BCUT2D eigenvalue weighted by molar-refractivity contribution is 0.0953. The van der Waals surface area contributed by atoms with E-state index in [0.29, 0.717) is 12.1 Å². The molecule has 0 fully saturated rings. The number of carbonyl (C=O) groups excluding carboxylic acids is 1. The van der Waals surface area contributed by atoms with E-state index in [4.69, 9.17) is 4.42 Å². The molecule has 0 bridgehead atoms. The first-order valence-corrected chi connectivity index (χ1v) is 8.96. The van der Waals surface area contributed by atoms with Crippen molar-refractivity contribution in [1.29, 1.82) is 0 Å². The number of amides is 1. The molecule has 0 spiro atoms. The first kappa shape index (κ1) is 15.7. The minimum atomic E-state index is -0.0581. The van der Waals surface area contributed by atoms with Gasteiger partial charge in [-0.15, -0.1) is 0 Å². The first-order valence-electron chi connectivity index (χ1n) is 8.14. The van der Waals surface area contributed by atoms with Crippen LogP contribution in [0.25, 0.3) is 15.3 Å². The lowest BCUT2D eigenvalue weighted by atomic mass is 10.2. The highest BCUT2D eigenvalue weighted by molar-refractivity contribution is 7.20. The molecule has 0 radical (unpaired) electrons. The molecule has 126 valence electrons. The van der Waals surface area contributed by atoms with Gasteiger partial charge in [0.1, 0.15) is 5.76 Å². The summed E-state index contributed by atoms with van der Waals surface area (Å²) in [6.45, 7) is 0.620. The number of hydrogen-bond donors (Lipinski definition) is 1. The van der Waals surface area contributed by atoms with Gasteiger partial charge in [0.15, 0.2) is 5.13 Å². The summed E-state index contributed by atoms with van der Waals surface area (Å²) >= 11 is 1.57. The molecule has 0 aliphatic rings. The van der Waals surface area contributed by atoms with Crippen LogP contribution in [-0.2, 0) is 6.42 Å². The Balaban J connectivity index is 1.41. The SMILES string of the molecule is O=C(NCCCc1ccco1)c1ccc2nc(-n3cccc3)sc2c1. The van der Waals surface area contributed by atoms with Gasteiger partial charge in [-0.1, -0.05) is 11.3 Å². The van der Waals surface area contributed by atoms with Crippen molar-refractivity contribution in [3.05, 3.63) is 72.4 Å². The molecular weight excluding hydrogens is 334 g/mol. The third-order valence-electron chi connectivity index (χ3n) is 3.93. The molecular formula is C19H17N3O2S. The highest BCUT2D eigenvalue weighted by Crippen LogP contribution is 2.26. The zero-order chi connectivity index (χ0) is 17.1. The van der Waals surface area contributed by atoms with Crippen LogP contribution in [0.4, 0.5) is 0 Å². The van der Waals surface area contributed by atoms with Crippen molar-refractivity contribution in [2.45, 2.75) is 12.8 Å². The highest BCUT2D eigenvalue weighted by atomic mass is 32.1. The van der Waals surface area contributed by atoms with Crippen LogP contribution in [0, 0.1) is 0 Å². The van der Waals surface area contributed by atoms with Crippen LogP contribution in [-0.4, -0.2) is 22.0 Å². The molecule has 0 aliphatic carbocycles. The summed E-state index contributed by atoms with van der Waals surface area (Å²) in [6, 6.07) is 13.4. The second-order valence-corrected chi connectivity index (χ2v) is 6.72. The molecule has 1 aromatic carbocycles. The van der Waals surface area contributed by atoms with Gasteiger partial charge in [-0.2, -0.15) is 0 Å². The summed E-state index contributed by atoms with van der Waals surface area (Å²) in [5, 5.41) is 3.86. The fraction of sp³-hybridized carbons (Fsp3) is 0.158. The molecule has 0 atom stereocenters. The molecule has 0 saturated carbocycles. The van der Waals surface area contributed by atoms with E-state index in [1.807, 2.05) is 59.4 Å². The van der Waals surface area contributed by atoms with E-state index < -0.39 is 0 Å². The number of carbonyl (C=O) groups is 1. The van der Waals surface area contributed by atoms with Gasteiger partial charge in [0, 0.05) is 30.9 Å². The van der Waals surface area contributed by atoms with Gasteiger partial charge in [-0.3, -0.25) is 4.79 Å². The number of hydrogen-bond acceptors (Lipinski definition) is 4. The number of aromatic nitrogens is 2. The second kappa shape index (κ2) is 6.94. The van der Waals surface area contributed by atoms with E-state index in [0.717, 1.165) is 34.0 Å². The number of fused-ring (bicyclic) bond motifs is 1. The van der Waals surface area contributed by atoms with Crippen LogP contribution >= 0.6 is 11.3 Å². The number of nitrogens with one attached hydrogen (secondary N) is 1.